The number of hydrogen-bond donors (Lipinski definition) is 2. The summed E-state index contributed by atoms with van der Waals surface area (Å²) in [6, 6.07) is 18.2. The molecule has 8 heteroatoms. The standard InChI is InChI=1S/C23H24N2O5S/c1-16-7-9-19(10-8-16)25-31(27,28)21-6-4-5-17(14-21)23(26)24-15-18-13-20(29-2)11-12-22(18)30-3/h4-14,25H,15H2,1-3H3,(H,24,26). The molecule has 0 atom stereocenters. The van der Waals surface area contributed by atoms with Crippen molar-refractivity contribution in [2.24, 2.45) is 0 Å². The molecule has 0 aliphatic rings. The Bertz CT molecular complexity index is 1170. The van der Waals surface area contributed by atoms with Gasteiger partial charge in [-0.3, -0.25) is 9.52 Å². The van der Waals surface area contributed by atoms with Gasteiger partial charge < -0.3 is 14.8 Å². The van der Waals surface area contributed by atoms with Gasteiger partial charge in [-0.15, -0.1) is 0 Å². The lowest BCUT2D eigenvalue weighted by atomic mass is 10.1. The highest BCUT2D eigenvalue weighted by atomic mass is 32.2. The molecule has 0 unspecified atom stereocenters. The van der Waals surface area contributed by atoms with Gasteiger partial charge in [-0.2, -0.15) is 0 Å². The number of carbonyl (C=O) groups excluding carboxylic acids is 1. The molecule has 0 bridgehead atoms. The van der Waals surface area contributed by atoms with Crippen LogP contribution in [0.15, 0.2) is 71.6 Å². The van der Waals surface area contributed by atoms with Crippen LogP contribution in [-0.4, -0.2) is 28.5 Å². The van der Waals surface area contributed by atoms with Crippen LogP contribution in [0.4, 0.5) is 5.69 Å². The van der Waals surface area contributed by atoms with Gasteiger partial charge in [0.1, 0.15) is 11.5 Å². The van der Waals surface area contributed by atoms with E-state index in [4.69, 9.17) is 9.47 Å². The molecule has 0 aromatic heterocycles. The maximum Gasteiger partial charge on any atom is 0.261 e. The molecule has 0 aliphatic heterocycles. The van der Waals surface area contributed by atoms with Crippen LogP contribution in [0.3, 0.4) is 0 Å². The Balaban J connectivity index is 1.75. The molecule has 7 nitrogen and oxygen atoms in total. The molecule has 0 fully saturated rings. The number of anilines is 1. The first-order chi connectivity index (χ1) is 14.8. The average Bonchev–Trinajstić information content (AvgIpc) is 2.78. The zero-order valence-corrected chi connectivity index (χ0v) is 18.3. The predicted octanol–water partition coefficient (Wildman–Crippen LogP) is 3.74. The van der Waals surface area contributed by atoms with Gasteiger partial charge in [0.25, 0.3) is 15.9 Å². The number of amides is 1. The average molecular weight is 441 g/mol. The first-order valence-corrected chi connectivity index (χ1v) is 11.0. The lowest BCUT2D eigenvalue weighted by Gasteiger charge is -2.12. The summed E-state index contributed by atoms with van der Waals surface area (Å²) in [5.41, 5.74) is 2.44. The van der Waals surface area contributed by atoms with E-state index in [9.17, 15) is 13.2 Å². The molecule has 31 heavy (non-hydrogen) atoms. The van der Waals surface area contributed by atoms with E-state index < -0.39 is 15.9 Å². The van der Waals surface area contributed by atoms with Crippen molar-refractivity contribution in [2.45, 2.75) is 18.4 Å². The van der Waals surface area contributed by atoms with Crippen molar-refractivity contribution in [3.05, 3.63) is 83.4 Å². The minimum atomic E-state index is -3.84. The zero-order chi connectivity index (χ0) is 22.4. The summed E-state index contributed by atoms with van der Waals surface area (Å²) in [5, 5.41) is 2.79. The minimum Gasteiger partial charge on any atom is -0.497 e. The van der Waals surface area contributed by atoms with Crippen LogP contribution in [-0.2, 0) is 16.6 Å². The number of sulfonamides is 1. The molecular formula is C23H24N2O5S. The van der Waals surface area contributed by atoms with Crippen LogP contribution in [0.25, 0.3) is 0 Å². The smallest absolute Gasteiger partial charge is 0.261 e. The minimum absolute atomic E-state index is 0.000291. The van der Waals surface area contributed by atoms with E-state index in [-0.39, 0.29) is 17.0 Å². The van der Waals surface area contributed by atoms with Crippen LogP contribution in [0, 0.1) is 6.92 Å². The van der Waals surface area contributed by atoms with Gasteiger partial charge in [0.2, 0.25) is 0 Å². The number of hydrogen-bond acceptors (Lipinski definition) is 5. The van der Waals surface area contributed by atoms with E-state index in [1.54, 1.807) is 50.6 Å². The van der Waals surface area contributed by atoms with Gasteiger partial charge >= 0.3 is 0 Å². The summed E-state index contributed by atoms with van der Waals surface area (Å²) < 4.78 is 38.5. The van der Waals surface area contributed by atoms with Crippen LogP contribution in [0.5, 0.6) is 11.5 Å². The highest BCUT2D eigenvalue weighted by Crippen LogP contribution is 2.24. The molecular weight excluding hydrogens is 416 g/mol. The van der Waals surface area contributed by atoms with Gasteiger partial charge in [0, 0.05) is 23.4 Å². The third kappa shape index (κ3) is 5.55. The number of methoxy groups -OCH3 is 2. The third-order valence-electron chi connectivity index (χ3n) is 4.64. The van der Waals surface area contributed by atoms with Crippen LogP contribution in [0.2, 0.25) is 0 Å². The number of aryl methyl sites for hydroxylation is 1. The van der Waals surface area contributed by atoms with Gasteiger partial charge in [-0.05, 0) is 55.5 Å². The quantitative estimate of drug-likeness (QED) is 0.557. The summed E-state index contributed by atoms with van der Waals surface area (Å²) in [4.78, 5) is 12.6. The molecule has 0 spiro atoms. The maximum absolute atomic E-state index is 12.7. The molecule has 0 saturated heterocycles. The fourth-order valence-corrected chi connectivity index (χ4v) is 4.04. The molecule has 3 rings (SSSR count). The van der Waals surface area contributed by atoms with E-state index in [1.807, 2.05) is 19.1 Å². The number of ether oxygens (including phenoxy) is 2. The first-order valence-electron chi connectivity index (χ1n) is 9.51. The third-order valence-corrected chi connectivity index (χ3v) is 6.02. The van der Waals surface area contributed by atoms with Crippen LogP contribution in [0.1, 0.15) is 21.5 Å². The topological polar surface area (TPSA) is 93.7 Å². The highest BCUT2D eigenvalue weighted by molar-refractivity contribution is 7.92. The molecule has 0 aliphatic carbocycles. The zero-order valence-electron chi connectivity index (χ0n) is 17.5. The van der Waals surface area contributed by atoms with Crippen molar-refractivity contribution < 1.29 is 22.7 Å². The molecule has 3 aromatic rings. The van der Waals surface area contributed by atoms with E-state index in [0.29, 0.717) is 17.2 Å². The molecule has 0 heterocycles. The van der Waals surface area contributed by atoms with E-state index >= 15 is 0 Å². The second-order valence-electron chi connectivity index (χ2n) is 6.86. The van der Waals surface area contributed by atoms with E-state index in [2.05, 4.69) is 10.0 Å². The van der Waals surface area contributed by atoms with Crippen molar-refractivity contribution in [3.63, 3.8) is 0 Å². The Morgan fingerprint density at radius 3 is 2.35 bits per heavy atom. The fraction of sp³-hybridized carbons (Fsp3) is 0.174. The first kappa shape index (κ1) is 22.2. The monoisotopic (exact) mass is 440 g/mol. The van der Waals surface area contributed by atoms with Gasteiger partial charge in [0.15, 0.2) is 0 Å². The number of nitrogens with one attached hydrogen (secondary N) is 2. The molecule has 2 N–H and O–H groups in total. The summed E-state index contributed by atoms with van der Waals surface area (Å²) in [6.45, 7) is 2.11. The van der Waals surface area contributed by atoms with E-state index in [1.165, 1.54) is 18.2 Å². The van der Waals surface area contributed by atoms with Crippen molar-refractivity contribution in [3.8, 4) is 11.5 Å². The summed E-state index contributed by atoms with van der Waals surface area (Å²) >= 11 is 0. The Kier molecular flexibility index (Phi) is 6.81. The normalized spacial score (nSPS) is 10.9. The highest BCUT2D eigenvalue weighted by Gasteiger charge is 2.17. The van der Waals surface area contributed by atoms with Crippen molar-refractivity contribution in [1.82, 2.24) is 5.32 Å². The van der Waals surface area contributed by atoms with Crippen molar-refractivity contribution in [2.75, 3.05) is 18.9 Å². The Hall–Kier alpha value is -3.52. The SMILES string of the molecule is COc1ccc(OC)c(CNC(=O)c2cccc(S(=O)(=O)Nc3ccc(C)cc3)c2)c1. The maximum atomic E-state index is 12.7. The molecule has 0 saturated carbocycles. The Labute approximate surface area is 182 Å². The number of rotatable bonds is 8. The predicted molar refractivity (Wildman–Crippen MR) is 119 cm³/mol. The lowest BCUT2D eigenvalue weighted by molar-refractivity contribution is 0.0950. The van der Waals surface area contributed by atoms with Crippen LogP contribution >= 0.6 is 0 Å². The van der Waals surface area contributed by atoms with E-state index in [0.717, 1.165) is 11.1 Å². The van der Waals surface area contributed by atoms with Crippen molar-refractivity contribution in [1.29, 1.82) is 0 Å². The van der Waals surface area contributed by atoms with Gasteiger partial charge in [0.05, 0.1) is 19.1 Å². The lowest BCUT2D eigenvalue weighted by Crippen LogP contribution is -2.23. The number of carbonyl (C=O) groups is 1. The van der Waals surface area contributed by atoms with Crippen molar-refractivity contribution >= 4 is 21.6 Å². The molecule has 1 amide bonds. The second-order valence-corrected chi connectivity index (χ2v) is 8.54. The largest absolute Gasteiger partial charge is 0.497 e. The second kappa shape index (κ2) is 9.53. The van der Waals surface area contributed by atoms with Gasteiger partial charge in [-0.1, -0.05) is 23.8 Å². The fourth-order valence-electron chi connectivity index (χ4n) is 2.94. The summed E-state index contributed by atoms with van der Waals surface area (Å²) in [7, 11) is -0.735. The molecule has 0 radical (unpaired) electrons. The van der Waals surface area contributed by atoms with Crippen LogP contribution < -0.4 is 19.5 Å². The number of benzene rings is 3. The summed E-state index contributed by atoms with van der Waals surface area (Å²) in [5.74, 6) is 0.845. The Morgan fingerprint density at radius 1 is 0.935 bits per heavy atom. The summed E-state index contributed by atoms with van der Waals surface area (Å²) in [6.07, 6.45) is 0. The van der Waals surface area contributed by atoms with Gasteiger partial charge in [-0.25, -0.2) is 8.42 Å². The Morgan fingerprint density at radius 2 is 1.68 bits per heavy atom. The molecule has 162 valence electrons. The molecule has 3 aromatic carbocycles.